The molecule has 3 amide bonds. The molecule has 0 saturated heterocycles. The Labute approximate surface area is 161 Å². The van der Waals surface area contributed by atoms with Crippen molar-refractivity contribution in [1.29, 1.82) is 0 Å². The summed E-state index contributed by atoms with van der Waals surface area (Å²) in [4.78, 5) is 26.8. The Bertz CT molecular complexity index is 1000. The fourth-order valence-electron chi connectivity index (χ4n) is 3.26. The minimum absolute atomic E-state index is 0.214. The molecule has 0 aliphatic carbocycles. The van der Waals surface area contributed by atoms with Gasteiger partial charge in [-0.25, -0.2) is 9.18 Å². The van der Waals surface area contributed by atoms with Crippen LogP contribution in [-0.4, -0.2) is 18.5 Å². The number of hydrogen-bond donors (Lipinski definition) is 2. The van der Waals surface area contributed by atoms with Crippen LogP contribution in [0.3, 0.4) is 0 Å². The number of furan rings is 1. The van der Waals surface area contributed by atoms with E-state index in [0.717, 1.165) is 5.56 Å². The topological polar surface area (TPSA) is 74.6 Å². The molecule has 2 aromatic carbocycles. The molecular formula is C21H18FN3O3. The second kappa shape index (κ2) is 7.56. The second-order valence-corrected chi connectivity index (χ2v) is 6.40. The molecule has 142 valence electrons. The van der Waals surface area contributed by atoms with E-state index >= 15 is 0 Å². The van der Waals surface area contributed by atoms with Gasteiger partial charge in [-0.2, -0.15) is 0 Å². The van der Waals surface area contributed by atoms with Crippen molar-refractivity contribution < 1.29 is 18.4 Å². The van der Waals surface area contributed by atoms with Crippen molar-refractivity contribution >= 4 is 23.3 Å². The third kappa shape index (κ3) is 3.59. The van der Waals surface area contributed by atoms with Crippen LogP contribution in [0.25, 0.3) is 0 Å². The zero-order chi connectivity index (χ0) is 19.5. The minimum Gasteiger partial charge on any atom is -0.467 e. The number of urea groups is 1. The third-order valence-corrected chi connectivity index (χ3v) is 4.62. The van der Waals surface area contributed by atoms with Crippen LogP contribution in [0.4, 0.5) is 20.6 Å². The predicted molar refractivity (Wildman–Crippen MR) is 103 cm³/mol. The molecule has 0 fully saturated rings. The number of halogens is 1. The first-order chi connectivity index (χ1) is 13.6. The highest BCUT2D eigenvalue weighted by Gasteiger charge is 2.28. The van der Waals surface area contributed by atoms with Crippen LogP contribution in [-0.2, 0) is 13.0 Å². The minimum atomic E-state index is -0.366. The molecule has 1 aromatic heterocycles. The van der Waals surface area contributed by atoms with E-state index < -0.39 is 0 Å². The van der Waals surface area contributed by atoms with Crippen LogP contribution in [0.5, 0.6) is 0 Å². The number of hydrogen-bond acceptors (Lipinski definition) is 3. The number of fused-ring (bicyclic) bond motifs is 1. The maximum Gasteiger partial charge on any atom is 0.326 e. The monoisotopic (exact) mass is 379 g/mol. The van der Waals surface area contributed by atoms with Crippen LogP contribution in [0, 0.1) is 5.82 Å². The van der Waals surface area contributed by atoms with Gasteiger partial charge in [0.05, 0.1) is 12.8 Å². The maximum atomic E-state index is 13.0. The summed E-state index contributed by atoms with van der Waals surface area (Å²) in [5, 5.41) is 5.58. The van der Waals surface area contributed by atoms with Crippen LogP contribution >= 0.6 is 0 Å². The van der Waals surface area contributed by atoms with Gasteiger partial charge >= 0.3 is 6.03 Å². The molecule has 0 radical (unpaired) electrons. The Morgan fingerprint density at radius 2 is 1.89 bits per heavy atom. The van der Waals surface area contributed by atoms with E-state index in [1.807, 2.05) is 6.07 Å². The van der Waals surface area contributed by atoms with Crippen molar-refractivity contribution in [3.8, 4) is 0 Å². The summed E-state index contributed by atoms with van der Waals surface area (Å²) in [6.45, 7) is 0.759. The molecule has 0 bridgehead atoms. The number of benzene rings is 2. The van der Waals surface area contributed by atoms with Crippen LogP contribution in [0.2, 0.25) is 0 Å². The van der Waals surface area contributed by atoms with Crippen LogP contribution in [0.15, 0.2) is 65.3 Å². The molecule has 0 spiro atoms. The molecule has 2 heterocycles. The van der Waals surface area contributed by atoms with Crippen molar-refractivity contribution in [2.24, 2.45) is 0 Å². The molecule has 4 rings (SSSR count). The molecule has 6 nitrogen and oxygen atoms in total. The summed E-state index contributed by atoms with van der Waals surface area (Å²) >= 11 is 0. The van der Waals surface area contributed by atoms with Crippen molar-refractivity contribution in [2.45, 2.75) is 13.0 Å². The fraction of sp³-hybridized carbons (Fsp3) is 0.143. The lowest BCUT2D eigenvalue weighted by Gasteiger charge is -2.18. The van der Waals surface area contributed by atoms with Gasteiger partial charge in [-0.3, -0.25) is 9.69 Å². The summed E-state index contributed by atoms with van der Waals surface area (Å²) in [6, 6.07) is 14.1. The molecule has 0 saturated carbocycles. The molecule has 1 aliphatic rings. The fourth-order valence-corrected chi connectivity index (χ4v) is 3.26. The number of carbonyl (C=O) groups is 2. The predicted octanol–water partition coefficient (Wildman–Crippen LogP) is 3.94. The first-order valence-corrected chi connectivity index (χ1v) is 8.88. The summed E-state index contributed by atoms with van der Waals surface area (Å²) in [5.74, 6) is 0.0880. The quantitative estimate of drug-likeness (QED) is 0.721. The van der Waals surface area contributed by atoms with E-state index in [-0.39, 0.29) is 17.8 Å². The van der Waals surface area contributed by atoms with Gasteiger partial charge < -0.3 is 15.1 Å². The van der Waals surface area contributed by atoms with Gasteiger partial charge in [0.1, 0.15) is 11.6 Å². The second-order valence-electron chi connectivity index (χ2n) is 6.40. The normalized spacial score (nSPS) is 12.5. The summed E-state index contributed by atoms with van der Waals surface area (Å²) < 4.78 is 18.3. The highest BCUT2D eigenvalue weighted by molar-refractivity contribution is 6.05. The van der Waals surface area contributed by atoms with Crippen molar-refractivity contribution in [3.63, 3.8) is 0 Å². The van der Waals surface area contributed by atoms with E-state index in [1.54, 1.807) is 35.4 Å². The average Bonchev–Trinajstić information content (AvgIpc) is 3.37. The highest BCUT2D eigenvalue weighted by atomic mass is 19.1. The number of rotatable bonds is 4. The number of nitrogens with one attached hydrogen (secondary N) is 2. The van der Waals surface area contributed by atoms with Gasteiger partial charge in [0, 0.05) is 23.5 Å². The number of amides is 3. The standard InChI is InChI=1S/C21H18FN3O3/c22-14-6-8-15(9-7-14)24-21(27)25-11-10-17-18(4-1-5-19(17)25)20(26)23-13-16-3-2-12-28-16/h1-9,12H,10-11,13H2,(H,23,26)(H,24,27). The Hall–Kier alpha value is -3.61. The van der Waals surface area contributed by atoms with Gasteiger partial charge in [-0.15, -0.1) is 0 Å². The highest BCUT2D eigenvalue weighted by Crippen LogP contribution is 2.31. The smallest absolute Gasteiger partial charge is 0.326 e. The lowest BCUT2D eigenvalue weighted by molar-refractivity contribution is 0.0947. The van der Waals surface area contributed by atoms with Gasteiger partial charge in [-0.05, 0) is 60.5 Å². The van der Waals surface area contributed by atoms with Gasteiger partial charge in [0.25, 0.3) is 5.91 Å². The zero-order valence-corrected chi connectivity index (χ0v) is 14.9. The van der Waals surface area contributed by atoms with E-state index in [9.17, 15) is 14.0 Å². The first kappa shape index (κ1) is 17.8. The zero-order valence-electron chi connectivity index (χ0n) is 14.9. The SMILES string of the molecule is O=C(NCc1ccco1)c1cccc2c1CCN2C(=O)Nc1ccc(F)cc1. The lowest BCUT2D eigenvalue weighted by atomic mass is 10.0. The summed E-state index contributed by atoms with van der Waals surface area (Å²) in [5.41, 5.74) is 2.58. The Kier molecular flexibility index (Phi) is 4.80. The lowest BCUT2D eigenvalue weighted by Crippen LogP contribution is -2.33. The molecule has 7 heteroatoms. The average molecular weight is 379 g/mol. The first-order valence-electron chi connectivity index (χ1n) is 8.88. The van der Waals surface area contributed by atoms with Crippen molar-refractivity contribution in [3.05, 3.63) is 83.6 Å². The maximum absolute atomic E-state index is 13.0. The molecule has 2 N–H and O–H groups in total. The van der Waals surface area contributed by atoms with E-state index in [1.165, 1.54) is 24.3 Å². The number of nitrogens with zero attached hydrogens (tertiary/aromatic N) is 1. The summed E-state index contributed by atoms with van der Waals surface area (Å²) in [7, 11) is 0. The molecule has 28 heavy (non-hydrogen) atoms. The number of anilines is 2. The van der Waals surface area contributed by atoms with Gasteiger partial charge in [-0.1, -0.05) is 6.07 Å². The Morgan fingerprint density at radius 3 is 2.64 bits per heavy atom. The van der Waals surface area contributed by atoms with Crippen molar-refractivity contribution in [1.82, 2.24) is 5.32 Å². The Balaban J connectivity index is 1.49. The van der Waals surface area contributed by atoms with Crippen LogP contribution < -0.4 is 15.5 Å². The summed E-state index contributed by atoms with van der Waals surface area (Å²) in [6.07, 6.45) is 2.13. The van der Waals surface area contributed by atoms with E-state index in [4.69, 9.17) is 4.42 Å². The largest absolute Gasteiger partial charge is 0.467 e. The molecule has 0 atom stereocenters. The molecular weight excluding hydrogens is 361 g/mol. The van der Waals surface area contributed by atoms with E-state index in [2.05, 4.69) is 10.6 Å². The molecule has 1 aliphatic heterocycles. The van der Waals surface area contributed by atoms with Gasteiger partial charge in [0.2, 0.25) is 0 Å². The van der Waals surface area contributed by atoms with Crippen LogP contribution in [0.1, 0.15) is 21.7 Å². The van der Waals surface area contributed by atoms with Crippen molar-refractivity contribution in [2.75, 3.05) is 16.8 Å². The molecule has 0 unspecified atom stereocenters. The van der Waals surface area contributed by atoms with E-state index in [0.29, 0.717) is 42.2 Å². The Morgan fingerprint density at radius 1 is 1.07 bits per heavy atom. The molecule has 3 aromatic rings. The number of carbonyl (C=O) groups excluding carboxylic acids is 2. The third-order valence-electron chi connectivity index (χ3n) is 4.62. The van der Waals surface area contributed by atoms with Gasteiger partial charge in [0.15, 0.2) is 0 Å².